The maximum atomic E-state index is 10.5. The maximum Gasteiger partial charge on any atom is 0.328 e. The summed E-state index contributed by atoms with van der Waals surface area (Å²) in [6, 6.07) is 10.5. The summed E-state index contributed by atoms with van der Waals surface area (Å²) >= 11 is 0. The van der Waals surface area contributed by atoms with Crippen molar-refractivity contribution in [2.24, 2.45) is 0 Å². The molecule has 2 rings (SSSR count). The first-order valence-electron chi connectivity index (χ1n) is 5.72. The Morgan fingerprint density at radius 1 is 1.35 bits per heavy atom. The van der Waals surface area contributed by atoms with Gasteiger partial charge in [0.15, 0.2) is 0 Å². The van der Waals surface area contributed by atoms with Crippen LogP contribution in [0.3, 0.4) is 0 Å². The van der Waals surface area contributed by atoms with Crippen molar-refractivity contribution in [2.45, 2.75) is 0 Å². The number of aromatic nitrogens is 1. The molecule has 20 heavy (non-hydrogen) atoms. The van der Waals surface area contributed by atoms with Gasteiger partial charge in [-0.3, -0.25) is 4.98 Å². The Bertz CT molecular complexity index is 702. The molecule has 0 aliphatic heterocycles. The third kappa shape index (κ3) is 3.43. The average molecular weight is 266 g/mol. The van der Waals surface area contributed by atoms with Gasteiger partial charge < -0.3 is 9.84 Å². The zero-order chi connectivity index (χ0) is 14.4. The van der Waals surface area contributed by atoms with Gasteiger partial charge in [-0.15, -0.1) is 0 Å². The van der Waals surface area contributed by atoms with Crippen molar-refractivity contribution < 1.29 is 14.6 Å². The van der Waals surface area contributed by atoms with E-state index in [0.717, 1.165) is 6.08 Å². The minimum Gasteiger partial charge on any atom is -0.478 e. The summed E-state index contributed by atoms with van der Waals surface area (Å²) in [5, 5.41) is 17.5. The lowest BCUT2D eigenvalue weighted by molar-refractivity contribution is -0.131. The highest BCUT2D eigenvalue weighted by Gasteiger charge is 2.04. The van der Waals surface area contributed by atoms with E-state index >= 15 is 0 Å². The van der Waals surface area contributed by atoms with Crippen LogP contribution in [0.15, 0.2) is 48.8 Å². The molecule has 1 N–H and O–H groups in total. The van der Waals surface area contributed by atoms with Gasteiger partial charge in [0.2, 0.25) is 0 Å². The lowest BCUT2D eigenvalue weighted by Gasteiger charge is -2.07. The van der Waals surface area contributed by atoms with E-state index in [1.54, 1.807) is 30.3 Å². The van der Waals surface area contributed by atoms with Crippen molar-refractivity contribution in [3.05, 3.63) is 59.9 Å². The highest BCUT2D eigenvalue weighted by Crippen LogP contribution is 2.24. The number of para-hydroxylation sites is 1. The predicted molar refractivity (Wildman–Crippen MR) is 72.1 cm³/mol. The molecule has 0 aliphatic carbocycles. The number of nitriles is 1. The number of hydrogen-bond donors (Lipinski definition) is 1. The van der Waals surface area contributed by atoms with Crippen LogP contribution in [0.25, 0.3) is 6.08 Å². The van der Waals surface area contributed by atoms with Gasteiger partial charge in [0.05, 0.1) is 11.8 Å². The van der Waals surface area contributed by atoms with Gasteiger partial charge in [-0.25, -0.2) is 4.79 Å². The number of rotatable bonds is 4. The third-order valence-corrected chi connectivity index (χ3v) is 2.39. The number of nitrogens with zero attached hydrogens (tertiary/aromatic N) is 2. The Labute approximate surface area is 115 Å². The second-order valence-electron chi connectivity index (χ2n) is 3.84. The van der Waals surface area contributed by atoms with E-state index in [2.05, 4.69) is 4.98 Å². The SMILES string of the molecule is N#Cc1ccccc1Oc1cncc(/C=C/C(=O)O)c1. The van der Waals surface area contributed by atoms with Crippen molar-refractivity contribution >= 4 is 12.0 Å². The Morgan fingerprint density at radius 3 is 2.90 bits per heavy atom. The molecule has 1 aromatic heterocycles. The van der Waals surface area contributed by atoms with Gasteiger partial charge in [0, 0.05) is 12.3 Å². The van der Waals surface area contributed by atoms with Crippen LogP contribution in [0.4, 0.5) is 0 Å². The van der Waals surface area contributed by atoms with Crippen LogP contribution in [0.1, 0.15) is 11.1 Å². The zero-order valence-corrected chi connectivity index (χ0v) is 10.4. The predicted octanol–water partition coefficient (Wildman–Crippen LogP) is 2.84. The fourth-order valence-electron chi connectivity index (χ4n) is 1.53. The van der Waals surface area contributed by atoms with Crippen LogP contribution in [0.5, 0.6) is 11.5 Å². The molecule has 0 unspecified atom stereocenters. The van der Waals surface area contributed by atoms with Gasteiger partial charge in [-0.05, 0) is 29.8 Å². The summed E-state index contributed by atoms with van der Waals surface area (Å²) in [5.41, 5.74) is 1.01. The number of carbonyl (C=O) groups is 1. The van der Waals surface area contributed by atoms with E-state index in [9.17, 15) is 4.79 Å². The van der Waals surface area contributed by atoms with Crippen LogP contribution in [-0.4, -0.2) is 16.1 Å². The Hall–Kier alpha value is -3.13. The summed E-state index contributed by atoms with van der Waals surface area (Å²) in [6.45, 7) is 0. The van der Waals surface area contributed by atoms with E-state index in [-0.39, 0.29) is 0 Å². The normalized spacial score (nSPS) is 10.2. The highest BCUT2D eigenvalue weighted by molar-refractivity contribution is 5.85. The number of pyridine rings is 1. The topological polar surface area (TPSA) is 83.2 Å². The first kappa shape index (κ1) is 13.3. The van der Waals surface area contributed by atoms with Crippen LogP contribution in [-0.2, 0) is 4.79 Å². The molecule has 0 saturated heterocycles. The van der Waals surface area contributed by atoms with Gasteiger partial charge in [-0.1, -0.05) is 12.1 Å². The van der Waals surface area contributed by atoms with Crippen LogP contribution in [0, 0.1) is 11.3 Å². The molecular weight excluding hydrogens is 256 g/mol. The molecule has 0 spiro atoms. The van der Waals surface area contributed by atoms with Gasteiger partial charge in [0.1, 0.15) is 17.6 Å². The largest absolute Gasteiger partial charge is 0.478 e. The Morgan fingerprint density at radius 2 is 2.15 bits per heavy atom. The maximum absolute atomic E-state index is 10.5. The second kappa shape index (κ2) is 6.16. The van der Waals surface area contributed by atoms with Crippen molar-refractivity contribution in [1.29, 1.82) is 5.26 Å². The van der Waals surface area contributed by atoms with Crippen LogP contribution in [0.2, 0.25) is 0 Å². The minimum absolute atomic E-state index is 0.416. The molecule has 0 aliphatic rings. The summed E-state index contributed by atoms with van der Waals surface area (Å²) in [7, 11) is 0. The lowest BCUT2D eigenvalue weighted by Crippen LogP contribution is -1.90. The van der Waals surface area contributed by atoms with E-state index in [0.29, 0.717) is 22.6 Å². The number of carboxylic acid groups (broad SMARTS) is 1. The Balaban J connectivity index is 2.24. The molecule has 2 aromatic rings. The van der Waals surface area contributed by atoms with Crippen molar-refractivity contribution in [1.82, 2.24) is 4.98 Å². The molecule has 0 fully saturated rings. The van der Waals surface area contributed by atoms with E-state index < -0.39 is 5.97 Å². The fraction of sp³-hybridized carbons (Fsp3) is 0. The molecule has 0 radical (unpaired) electrons. The molecule has 5 nitrogen and oxygen atoms in total. The fourth-order valence-corrected chi connectivity index (χ4v) is 1.53. The minimum atomic E-state index is -1.04. The lowest BCUT2D eigenvalue weighted by atomic mass is 10.2. The average Bonchev–Trinajstić information content (AvgIpc) is 2.46. The van der Waals surface area contributed by atoms with E-state index in [1.165, 1.54) is 18.5 Å². The standard InChI is InChI=1S/C15H10N2O3/c16-8-12-3-1-2-4-14(12)20-13-7-11(9-17-10-13)5-6-15(18)19/h1-7,9-10H,(H,18,19)/b6-5+. The molecule has 1 aromatic carbocycles. The summed E-state index contributed by atoms with van der Waals surface area (Å²) in [5.74, 6) is -0.178. The smallest absolute Gasteiger partial charge is 0.328 e. The molecule has 0 atom stereocenters. The Kier molecular flexibility index (Phi) is 4.10. The van der Waals surface area contributed by atoms with E-state index in [4.69, 9.17) is 15.1 Å². The molecular formula is C15H10N2O3. The quantitative estimate of drug-likeness (QED) is 0.860. The summed E-state index contributed by atoms with van der Waals surface area (Å²) in [4.78, 5) is 14.4. The summed E-state index contributed by atoms with van der Waals surface area (Å²) < 4.78 is 5.58. The number of ether oxygens (including phenoxy) is 1. The number of benzene rings is 1. The zero-order valence-electron chi connectivity index (χ0n) is 10.4. The van der Waals surface area contributed by atoms with Crippen molar-refractivity contribution in [3.63, 3.8) is 0 Å². The molecule has 5 heteroatoms. The third-order valence-electron chi connectivity index (χ3n) is 2.39. The molecule has 1 heterocycles. The molecule has 0 amide bonds. The monoisotopic (exact) mass is 266 g/mol. The van der Waals surface area contributed by atoms with E-state index in [1.807, 2.05) is 6.07 Å². The second-order valence-corrected chi connectivity index (χ2v) is 3.84. The molecule has 0 saturated carbocycles. The molecule has 0 bridgehead atoms. The van der Waals surface area contributed by atoms with Gasteiger partial charge in [0.25, 0.3) is 0 Å². The summed E-state index contributed by atoms with van der Waals surface area (Å²) in [6.07, 6.45) is 5.44. The first-order chi connectivity index (χ1) is 9.69. The van der Waals surface area contributed by atoms with Crippen molar-refractivity contribution in [2.75, 3.05) is 0 Å². The van der Waals surface area contributed by atoms with Crippen LogP contribution >= 0.6 is 0 Å². The number of aliphatic carboxylic acids is 1. The highest BCUT2D eigenvalue weighted by atomic mass is 16.5. The first-order valence-corrected chi connectivity index (χ1v) is 5.72. The van der Waals surface area contributed by atoms with Gasteiger partial charge >= 0.3 is 5.97 Å². The van der Waals surface area contributed by atoms with Crippen molar-refractivity contribution in [3.8, 4) is 17.6 Å². The van der Waals surface area contributed by atoms with Gasteiger partial charge in [-0.2, -0.15) is 5.26 Å². The molecule has 98 valence electrons. The van der Waals surface area contributed by atoms with Crippen LogP contribution < -0.4 is 4.74 Å². The number of hydrogen-bond acceptors (Lipinski definition) is 4. The number of carboxylic acids is 1.